The van der Waals surface area contributed by atoms with Crippen molar-refractivity contribution in [2.24, 2.45) is 0 Å². The molecule has 1 aromatic rings. The third-order valence-corrected chi connectivity index (χ3v) is 3.25. The van der Waals surface area contributed by atoms with Crippen LogP contribution in [-0.4, -0.2) is 24.3 Å². The highest BCUT2D eigenvalue weighted by atomic mass is 32.2. The lowest BCUT2D eigenvalue weighted by atomic mass is 10.2. The number of nitrogens with zero attached hydrogens (tertiary/aromatic N) is 1. The molecule has 19 heavy (non-hydrogen) atoms. The summed E-state index contributed by atoms with van der Waals surface area (Å²) < 4.78 is 4.56. The maximum Gasteiger partial charge on any atom is 0.351 e. The van der Waals surface area contributed by atoms with Crippen LogP contribution >= 0.6 is 24.0 Å². The van der Waals surface area contributed by atoms with Crippen LogP contribution in [0.25, 0.3) is 0 Å². The van der Waals surface area contributed by atoms with Gasteiger partial charge in [0.05, 0.1) is 12.1 Å². The van der Waals surface area contributed by atoms with E-state index in [-0.39, 0.29) is 5.57 Å². The highest BCUT2D eigenvalue weighted by Gasteiger charge is 2.16. The van der Waals surface area contributed by atoms with Gasteiger partial charge in [-0.25, -0.2) is 4.79 Å². The normalized spacial score (nSPS) is 11.0. The van der Waals surface area contributed by atoms with Crippen molar-refractivity contribution in [3.8, 4) is 6.07 Å². The molecule has 0 radical (unpaired) electrons. The van der Waals surface area contributed by atoms with Gasteiger partial charge in [-0.05, 0) is 6.26 Å². The molecule has 0 saturated heterocycles. The van der Waals surface area contributed by atoms with Crippen molar-refractivity contribution in [2.75, 3.05) is 13.4 Å². The number of nitriles is 1. The van der Waals surface area contributed by atoms with Crippen LogP contribution in [0, 0.1) is 11.3 Å². The fraction of sp³-hybridized carbons (Fsp3) is 0.154. The Kier molecular flexibility index (Phi) is 6.06. The number of hydrogen-bond acceptors (Lipinski definition) is 5. The number of hydrogen-bond donors (Lipinski definition) is 1. The highest BCUT2D eigenvalue weighted by molar-refractivity contribution is 8.02. The number of ether oxygens (including phenoxy) is 1. The number of carbonyl (C=O) groups is 1. The number of carbonyl (C=O) groups excluding carboxylic acids is 1. The molecule has 0 aromatic heterocycles. The smallest absolute Gasteiger partial charge is 0.351 e. The molecule has 0 aliphatic heterocycles. The van der Waals surface area contributed by atoms with Gasteiger partial charge in [-0.2, -0.15) is 5.26 Å². The van der Waals surface area contributed by atoms with Crippen LogP contribution in [0.15, 0.2) is 40.9 Å². The maximum atomic E-state index is 11.5. The van der Waals surface area contributed by atoms with E-state index >= 15 is 0 Å². The Balaban J connectivity index is 3.00. The summed E-state index contributed by atoms with van der Waals surface area (Å²) in [5.74, 6) is -0.685. The summed E-state index contributed by atoms with van der Waals surface area (Å²) in [5, 5.41) is 12.3. The Morgan fingerprint density at radius 3 is 2.53 bits per heavy atom. The van der Waals surface area contributed by atoms with Crippen molar-refractivity contribution >= 4 is 34.9 Å². The highest BCUT2D eigenvalue weighted by Crippen LogP contribution is 2.16. The Bertz CT molecular complexity index is 548. The van der Waals surface area contributed by atoms with Crippen molar-refractivity contribution < 1.29 is 9.53 Å². The number of nitrogens with one attached hydrogen (secondary N) is 1. The lowest BCUT2D eigenvalue weighted by Crippen LogP contribution is -2.23. The number of thioether (sulfide) groups is 1. The van der Waals surface area contributed by atoms with Crippen molar-refractivity contribution in [2.45, 2.75) is 0 Å². The summed E-state index contributed by atoms with van der Waals surface area (Å²) >= 11 is 6.46. The summed E-state index contributed by atoms with van der Waals surface area (Å²) in [6, 6.07) is 11.1. The van der Waals surface area contributed by atoms with Crippen LogP contribution in [0.3, 0.4) is 0 Å². The number of benzene rings is 1. The molecule has 0 spiro atoms. The molecular weight excluding hydrogens is 280 g/mol. The summed E-state index contributed by atoms with van der Waals surface area (Å²) in [7, 11) is 1.23. The molecule has 0 aliphatic carbocycles. The standard InChI is InChI=1S/C13H12N2O2S2/c1-17-13(16)10(8-14)12(19-2)15-11(18)9-6-4-3-5-7-9/h3-7H,1-2H3,(H,15,18). The SMILES string of the molecule is COC(=O)C(C#N)=C(NC(=S)c1ccccc1)SC. The lowest BCUT2D eigenvalue weighted by Gasteiger charge is -2.11. The zero-order valence-corrected chi connectivity index (χ0v) is 12.1. The van der Waals surface area contributed by atoms with E-state index in [1.165, 1.54) is 18.9 Å². The first-order chi connectivity index (χ1) is 9.13. The quantitative estimate of drug-likeness (QED) is 0.397. The second-order valence-electron chi connectivity index (χ2n) is 3.33. The van der Waals surface area contributed by atoms with Gasteiger partial charge in [-0.15, -0.1) is 11.8 Å². The minimum atomic E-state index is -0.685. The monoisotopic (exact) mass is 292 g/mol. The van der Waals surface area contributed by atoms with E-state index in [4.69, 9.17) is 17.5 Å². The van der Waals surface area contributed by atoms with Crippen molar-refractivity contribution in [1.82, 2.24) is 5.32 Å². The lowest BCUT2D eigenvalue weighted by molar-refractivity contribution is -0.135. The van der Waals surface area contributed by atoms with Crippen LogP contribution in [-0.2, 0) is 9.53 Å². The third kappa shape index (κ3) is 4.09. The largest absolute Gasteiger partial charge is 0.465 e. The van der Waals surface area contributed by atoms with Gasteiger partial charge < -0.3 is 10.1 Å². The van der Waals surface area contributed by atoms with Gasteiger partial charge in [-0.1, -0.05) is 42.5 Å². The van der Waals surface area contributed by atoms with Gasteiger partial charge in [-0.3, -0.25) is 0 Å². The first-order valence-electron chi connectivity index (χ1n) is 5.27. The number of esters is 1. The van der Waals surface area contributed by atoms with Crippen molar-refractivity contribution in [1.29, 1.82) is 5.26 Å². The molecule has 1 aromatic carbocycles. The van der Waals surface area contributed by atoms with Crippen LogP contribution < -0.4 is 5.32 Å². The zero-order chi connectivity index (χ0) is 14.3. The second kappa shape index (κ2) is 7.56. The van der Waals surface area contributed by atoms with Crippen LogP contribution in [0.1, 0.15) is 5.56 Å². The Morgan fingerprint density at radius 2 is 2.05 bits per heavy atom. The van der Waals surface area contributed by atoms with E-state index < -0.39 is 5.97 Å². The van der Waals surface area contributed by atoms with Gasteiger partial charge in [0.2, 0.25) is 0 Å². The van der Waals surface area contributed by atoms with Crippen LogP contribution in [0.4, 0.5) is 0 Å². The molecule has 0 aliphatic rings. The molecule has 0 amide bonds. The van der Waals surface area contributed by atoms with Crippen LogP contribution in [0.2, 0.25) is 0 Å². The average Bonchev–Trinajstić information content (AvgIpc) is 2.47. The molecule has 4 nitrogen and oxygen atoms in total. The molecule has 1 rings (SSSR count). The minimum Gasteiger partial charge on any atom is -0.465 e. The average molecular weight is 292 g/mol. The van der Waals surface area contributed by atoms with E-state index in [0.29, 0.717) is 10.0 Å². The van der Waals surface area contributed by atoms with E-state index in [2.05, 4.69) is 10.1 Å². The molecule has 0 atom stereocenters. The minimum absolute atomic E-state index is 0.0896. The predicted octanol–water partition coefficient (Wildman–Crippen LogP) is 2.22. The molecule has 1 N–H and O–H groups in total. The Labute approximate surface area is 121 Å². The van der Waals surface area contributed by atoms with Gasteiger partial charge in [0.25, 0.3) is 0 Å². The maximum absolute atomic E-state index is 11.5. The van der Waals surface area contributed by atoms with Crippen molar-refractivity contribution in [3.63, 3.8) is 0 Å². The van der Waals surface area contributed by atoms with E-state index in [9.17, 15) is 4.79 Å². The van der Waals surface area contributed by atoms with Gasteiger partial charge in [0.1, 0.15) is 11.1 Å². The van der Waals surface area contributed by atoms with Crippen molar-refractivity contribution in [3.05, 3.63) is 46.5 Å². The molecule has 0 saturated carbocycles. The fourth-order valence-corrected chi connectivity index (χ4v) is 2.11. The topological polar surface area (TPSA) is 62.1 Å². The number of methoxy groups -OCH3 is 1. The van der Waals surface area contributed by atoms with E-state index in [1.54, 1.807) is 6.26 Å². The first-order valence-corrected chi connectivity index (χ1v) is 6.90. The molecule has 6 heteroatoms. The molecule has 98 valence electrons. The predicted molar refractivity (Wildman–Crippen MR) is 79.4 cm³/mol. The Morgan fingerprint density at radius 1 is 1.42 bits per heavy atom. The molecular formula is C13H12N2O2S2. The summed E-state index contributed by atoms with van der Waals surface area (Å²) in [5.41, 5.74) is 0.722. The second-order valence-corrected chi connectivity index (χ2v) is 4.56. The molecule has 0 heterocycles. The van der Waals surface area contributed by atoms with Gasteiger partial charge in [0, 0.05) is 5.56 Å². The molecule has 0 bridgehead atoms. The first kappa shape index (κ1) is 15.2. The molecule has 0 fully saturated rings. The summed E-state index contributed by atoms with van der Waals surface area (Å²) in [6.07, 6.45) is 1.75. The van der Waals surface area contributed by atoms with E-state index in [1.807, 2.05) is 36.4 Å². The number of thiocarbonyl (C=S) groups is 1. The zero-order valence-electron chi connectivity index (χ0n) is 10.5. The third-order valence-electron chi connectivity index (χ3n) is 2.20. The van der Waals surface area contributed by atoms with Gasteiger partial charge >= 0.3 is 5.97 Å². The number of rotatable bonds is 4. The van der Waals surface area contributed by atoms with E-state index in [0.717, 1.165) is 5.56 Å². The summed E-state index contributed by atoms with van der Waals surface area (Å²) in [4.78, 5) is 11.9. The summed E-state index contributed by atoms with van der Waals surface area (Å²) in [6.45, 7) is 0. The van der Waals surface area contributed by atoms with Gasteiger partial charge in [0.15, 0.2) is 5.57 Å². The fourth-order valence-electron chi connectivity index (χ4n) is 1.27. The van der Waals surface area contributed by atoms with Crippen LogP contribution in [0.5, 0.6) is 0 Å². The Hall–Kier alpha value is -1.84. The molecule has 0 unspecified atom stereocenters.